The van der Waals surface area contributed by atoms with Crippen molar-refractivity contribution in [1.82, 2.24) is 4.98 Å². The molecule has 1 aromatic carbocycles. The molecule has 0 unspecified atom stereocenters. The van der Waals surface area contributed by atoms with Crippen molar-refractivity contribution in [2.24, 2.45) is 0 Å². The van der Waals surface area contributed by atoms with Crippen molar-refractivity contribution in [2.45, 2.75) is 13.5 Å². The summed E-state index contributed by atoms with van der Waals surface area (Å²) in [5.41, 5.74) is 2.08. The molecule has 0 amide bonds. The molecule has 0 aliphatic heterocycles. The summed E-state index contributed by atoms with van der Waals surface area (Å²) in [6.45, 7) is 2.26. The van der Waals surface area contributed by atoms with E-state index in [2.05, 4.69) is 4.98 Å². The lowest BCUT2D eigenvalue weighted by Crippen LogP contribution is -2.01. The monoisotopic (exact) mass is 243 g/mol. The van der Waals surface area contributed by atoms with Crippen LogP contribution in [0.3, 0.4) is 0 Å². The highest BCUT2D eigenvalue weighted by molar-refractivity contribution is 5.87. The summed E-state index contributed by atoms with van der Waals surface area (Å²) in [4.78, 5) is 14.8. The van der Waals surface area contributed by atoms with Gasteiger partial charge in [0, 0.05) is 6.20 Å². The van der Waals surface area contributed by atoms with Crippen molar-refractivity contribution in [3.8, 4) is 5.75 Å². The van der Waals surface area contributed by atoms with Crippen molar-refractivity contribution in [3.63, 3.8) is 0 Å². The molecule has 92 valence electrons. The Labute approximate surface area is 105 Å². The zero-order chi connectivity index (χ0) is 13.0. The maximum absolute atomic E-state index is 10.8. The van der Waals surface area contributed by atoms with Crippen molar-refractivity contribution >= 4 is 5.97 Å². The van der Waals surface area contributed by atoms with Gasteiger partial charge in [0.1, 0.15) is 12.4 Å². The van der Waals surface area contributed by atoms with Crippen LogP contribution in [-0.4, -0.2) is 16.1 Å². The number of carbonyl (C=O) groups is 1. The average molecular weight is 243 g/mol. The maximum atomic E-state index is 10.8. The van der Waals surface area contributed by atoms with Crippen LogP contribution in [0.2, 0.25) is 0 Å². The van der Waals surface area contributed by atoms with Gasteiger partial charge in [-0.1, -0.05) is 12.1 Å². The molecule has 0 radical (unpaired) electrons. The van der Waals surface area contributed by atoms with E-state index in [0.29, 0.717) is 12.4 Å². The second-order valence-corrected chi connectivity index (χ2v) is 3.94. The first-order chi connectivity index (χ1) is 8.66. The number of aromatic carboxylic acids is 1. The SMILES string of the molecule is Cc1ccncc1OCc1cccc(C(=O)O)c1. The Balaban J connectivity index is 2.09. The highest BCUT2D eigenvalue weighted by Crippen LogP contribution is 2.16. The Bertz CT molecular complexity index is 566. The van der Waals surface area contributed by atoms with E-state index in [-0.39, 0.29) is 5.56 Å². The molecule has 4 nitrogen and oxygen atoms in total. The van der Waals surface area contributed by atoms with Crippen LogP contribution in [0.5, 0.6) is 5.75 Å². The predicted octanol–water partition coefficient (Wildman–Crippen LogP) is 2.67. The minimum absolute atomic E-state index is 0.263. The van der Waals surface area contributed by atoms with Gasteiger partial charge < -0.3 is 9.84 Å². The standard InChI is InChI=1S/C14H13NO3/c1-10-5-6-15-8-13(10)18-9-11-3-2-4-12(7-11)14(16)17/h2-8H,9H2,1H3,(H,16,17). The minimum atomic E-state index is -0.936. The fourth-order valence-corrected chi connectivity index (χ4v) is 1.56. The van der Waals surface area contributed by atoms with Crippen LogP contribution in [0.25, 0.3) is 0 Å². The van der Waals surface area contributed by atoms with Crippen LogP contribution in [0.15, 0.2) is 42.7 Å². The van der Waals surface area contributed by atoms with Gasteiger partial charge in [0.05, 0.1) is 11.8 Å². The lowest BCUT2D eigenvalue weighted by atomic mass is 10.1. The van der Waals surface area contributed by atoms with Crippen LogP contribution in [-0.2, 0) is 6.61 Å². The van der Waals surface area contributed by atoms with Crippen LogP contribution in [0.4, 0.5) is 0 Å². The van der Waals surface area contributed by atoms with Crippen molar-refractivity contribution in [1.29, 1.82) is 0 Å². The second-order valence-electron chi connectivity index (χ2n) is 3.94. The van der Waals surface area contributed by atoms with Gasteiger partial charge in [-0.25, -0.2) is 4.79 Å². The van der Waals surface area contributed by atoms with E-state index in [0.717, 1.165) is 11.1 Å². The lowest BCUT2D eigenvalue weighted by molar-refractivity contribution is 0.0696. The largest absolute Gasteiger partial charge is 0.487 e. The Hall–Kier alpha value is -2.36. The molecule has 0 bridgehead atoms. The molecule has 2 rings (SSSR count). The van der Waals surface area contributed by atoms with Gasteiger partial charge in [-0.15, -0.1) is 0 Å². The number of ether oxygens (including phenoxy) is 1. The van der Waals surface area contributed by atoms with E-state index in [9.17, 15) is 4.79 Å². The first-order valence-corrected chi connectivity index (χ1v) is 5.52. The van der Waals surface area contributed by atoms with Crippen LogP contribution < -0.4 is 4.74 Å². The highest BCUT2D eigenvalue weighted by atomic mass is 16.5. The molecule has 18 heavy (non-hydrogen) atoms. The van der Waals surface area contributed by atoms with Gasteiger partial charge in [-0.3, -0.25) is 4.98 Å². The number of hydrogen-bond donors (Lipinski definition) is 1. The molecule has 0 aliphatic carbocycles. The quantitative estimate of drug-likeness (QED) is 0.896. The first-order valence-electron chi connectivity index (χ1n) is 5.52. The third-order valence-corrected chi connectivity index (χ3v) is 2.56. The number of carboxylic acids is 1. The number of hydrogen-bond acceptors (Lipinski definition) is 3. The van der Waals surface area contributed by atoms with Gasteiger partial charge in [-0.2, -0.15) is 0 Å². The molecular weight excluding hydrogens is 230 g/mol. The van der Waals surface area contributed by atoms with E-state index in [4.69, 9.17) is 9.84 Å². The van der Waals surface area contributed by atoms with Gasteiger partial charge in [0.2, 0.25) is 0 Å². The zero-order valence-corrected chi connectivity index (χ0v) is 9.96. The van der Waals surface area contributed by atoms with Crippen LogP contribution in [0, 0.1) is 6.92 Å². The number of aryl methyl sites for hydroxylation is 1. The maximum Gasteiger partial charge on any atom is 0.335 e. The molecule has 4 heteroatoms. The summed E-state index contributed by atoms with van der Waals surface area (Å²) in [6.07, 6.45) is 3.35. The van der Waals surface area contributed by atoms with Gasteiger partial charge >= 0.3 is 5.97 Å². The van der Waals surface area contributed by atoms with Crippen LogP contribution in [0.1, 0.15) is 21.5 Å². The topological polar surface area (TPSA) is 59.4 Å². The molecule has 0 saturated heterocycles. The normalized spacial score (nSPS) is 10.1. The smallest absolute Gasteiger partial charge is 0.335 e. The average Bonchev–Trinajstić information content (AvgIpc) is 2.38. The molecule has 0 aliphatic rings. The van der Waals surface area contributed by atoms with E-state index in [1.807, 2.05) is 19.1 Å². The summed E-state index contributed by atoms with van der Waals surface area (Å²) < 4.78 is 5.60. The number of aromatic nitrogens is 1. The number of benzene rings is 1. The minimum Gasteiger partial charge on any atom is -0.487 e. The van der Waals surface area contributed by atoms with E-state index in [1.165, 1.54) is 0 Å². The number of carboxylic acid groups (broad SMARTS) is 1. The second kappa shape index (κ2) is 5.31. The van der Waals surface area contributed by atoms with Gasteiger partial charge in [0.15, 0.2) is 0 Å². The molecule has 0 atom stereocenters. The Morgan fingerprint density at radius 2 is 2.22 bits per heavy atom. The summed E-state index contributed by atoms with van der Waals surface area (Å²) in [7, 11) is 0. The van der Waals surface area contributed by atoms with Gasteiger partial charge in [0.25, 0.3) is 0 Å². The van der Waals surface area contributed by atoms with E-state index in [1.54, 1.807) is 30.6 Å². The number of pyridine rings is 1. The molecular formula is C14H13NO3. The Morgan fingerprint density at radius 1 is 1.39 bits per heavy atom. The summed E-state index contributed by atoms with van der Waals surface area (Å²) in [6, 6.07) is 8.56. The summed E-state index contributed by atoms with van der Waals surface area (Å²) >= 11 is 0. The fraction of sp³-hybridized carbons (Fsp3) is 0.143. The molecule has 1 aromatic heterocycles. The zero-order valence-electron chi connectivity index (χ0n) is 9.96. The molecule has 2 aromatic rings. The lowest BCUT2D eigenvalue weighted by Gasteiger charge is -2.08. The number of nitrogens with zero attached hydrogens (tertiary/aromatic N) is 1. The fourth-order valence-electron chi connectivity index (χ4n) is 1.56. The van der Waals surface area contributed by atoms with Gasteiger partial charge in [-0.05, 0) is 36.2 Å². The Kier molecular flexibility index (Phi) is 3.57. The first kappa shape index (κ1) is 12.1. The Morgan fingerprint density at radius 3 is 2.94 bits per heavy atom. The van der Waals surface area contributed by atoms with Crippen molar-refractivity contribution < 1.29 is 14.6 Å². The summed E-state index contributed by atoms with van der Waals surface area (Å²) in [5.74, 6) is -0.229. The number of rotatable bonds is 4. The molecule has 0 spiro atoms. The molecule has 0 fully saturated rings. The van der Waals surface area contributed by atoms with Crippen LogP contribution >= 0.6 is 0 Å². The predicted molar refractivity (Wildman–Crippen MR) is 66.7 cm³/mol. The third-order valence-electron chi connectivity index (χ3n) is 2.56. The van der Waals surface area contributed by atoms with Crippen molar-refractivity contribution in [2.75, 3.05) is 0 Å². The molecule has 1 heterocycles. The molecule has 0 saturated carbocycles. The van der Waals surface area contributed by atoms with E-state index < -0.39 is 5.97 Å². The molecule has 1 N–H and O–H groups in total. The summed E-state index contributed by atoms with van der Waals surface area (Å²) in [5, 5.41) is 8.89. The third kappa shape index (κ3) is 2.85. The van der Waals surface area contributed by atoms with Crippen molar-refractivity contribution in [3.05, 3.63) is 59.4 Å². The highest BCUT2D eigenvalue weighted by Gasteiger charge is 2.04. The van der Waals surface area contributed by atoms with E-state index >= 15 is 0 Å².